The van der Waals surface area contributed by atoms with Gasteiger partial charge in [0.05, 0.1) is 31.7 Å². The molecule has 0 spiro atoms. The van der Waals surface area contributed by atoms with E-state index < -0.39 is 54.4 Å². The number of hydrogen-bond acceptors (Lipinski definition) is 8. The average molecular weight is 437 g/mol. The third kappa shape index (κ3) is 12.3. The third-order valence-corrected chi connectivity index (χ3v) is 4.72. The van der Waals surface area contributed by atoms with Crippen molar-refractivity contribution >= 4 is 35.5 Å². The highest BCUT2D eigenvalue weighted by atomic mass is 32.2. The predicted octanol–water partition coefficient (Wildman–Crippen LogP) is -2.36. The number of thioether (sulfide) groups is 1. The normalized spacial score (nSPS) is 14.9. The summed E-state index contributed by atoms with van der Waals surface area (Å²) in [6, 6.07) is -1.44. The number of aliphatic hydroxyl groups excluding tert-OH is 2. The monoisotopic (exact) mass is 436 g/mol. The Bertz CT molecular complexity index is 550. The lowest BCUT2D eigenvalue weighted by molar-refractivity contribution is -0.137. The molecule has 4 atom stereocenters. The first kappa shape index (κ1) is 27.1. The second-order valence-corrected chi connectivity index (χ2v) is 7.63. The number of nitrogens with two attached hydrogens (primary N) is 1. The van der Waals surface area contributed by atoms with Gasteiger partial charge in [0.1, 0.15) is 6.10 Å². The van der Waals surface area contributed by atoms with E-state index in [0.29, 0.717) is 6.42 Å². The second-order valence-electron chi connectivity index (χ2n) is 6.65. The lowest BCUT2D eigenvalue weighted by Crippen LogP contribution is -2.48. The number of amides is 3. The van der Waals surface area contributed by atoms with Gasteiger partial charge in [0.2, 0.25) is 17.7 Å². The lowest BCUT2D eigenvalue weighted by atomic mass is 9.95. The molecule has 3 amide bonds. The number of carboxylic acids is 1. The minimum Gasteiger partial charge on any atom is -0.481 e. The van der Waals surface area contributed by atoms with E-state index in [1.54, 1.807) is 18.7 Å². The van der Waals surface area contributed by atoms with Crippen LogP contribution in [0.3, 0.4) is 0 Å². The van der Waals surface area contributed by atoms with Crippen molar-refractivity contribution in [2.75, 3.05) is 31.7 Å². The molecule has 0 aromatic rings. The molecular formula is C17H32N4O7S. The van der Waals surface area contributed by atoms with Crippen LogP contribution in [-0.2, 0) is 19.2 Å². The van der Waals surface area contributed by atoms with Crippen LogP contribution in [0, 0.1) is 5.92 Å². The predicted molar refractivity (Wildman–Crippen MR) is 108 cm³/mol. The molecule has 11 nitrogen and oxygen atoms in total. The minimum atomic E-state index is -1.43. The van der Waals surface area contributed by atoms with E-state index in [4.69, 9.17) is 10.8 Å². The van der Waals surface area contributed by atoms with Gasteiger partial charge in [-0.25, -0.2) is 0 Å². The van der Waals surface area contributed by atoms with Crippen LogP contribution < -0.4 is 21.7 Å². The molecule has 0 saturated heterocycles. The molecule has 0 saturated carbocycles. The number of carbonyl (C=O) groups is 4. The summed E-state index contributed by atoms with van der Waals surface area (Å²) in [5.74, 6) is -2.69. The number of rotatable bonds is 15. The van der Waals surface area contributed by atoms with E-state index in [2.05, 4.69) is 16.0 Å². The average Bonchev–Trinajstić information content (AvgIpc) is 2.68. The van der Waals surface area contributed by atoms with Gasteiger partial charge >= 0.3 is 5.97 Å². The van der Waals surface area contributed by atoms with Gasteiger partial charge in [0.25, 0.3) is 0 Å². The largest absolute Gasteiger partial charge is 0.481 e. The highest BCUT2D eigenvalue weighted by molar-refractivity contribution is 7.98. The van der Waals surface area contributed by atoms with Gasteiger partial charge in [-0.15, -0.1) is 0 Å². The van der Waals surface area contributed by atoms with Crippen LogP contribution in [0.1, 0.15) is 26.2 Å². The van der Waals surface area contributed by atoms with E-state index in [1.165, 1.54) is 0 Å². The topological polar surface area (TPSA) is 191 Å². The fourth-order valence-corrected chi connectivity index (χ4v) is 2.86. The van der Waals surface area contributed by atoms with Crippen LogP contribution in [0.5, 0.6) is 0 Å². The summed E-state index contributed by atoms with van der Waals surface area (Å²) < 4.78 is 0. The molecule has 0 fully saturated rings. The molecule has 2 unspecified atom stereocenters. The molecular weight excluding hydrogens is 404 g/mol. The van der Waals surface area contributed by atoms with Gasteiger partial charge in [-0.3, -0.25) is 19.2 Å². The van der Waals surface area contributed by atoms with E-state index in [-0.39, 0.29) is 25.9 Å². The van der Waals surface area contributed by atoms with Gasteiger partial charge in [0, 0.05) is 6.54 Å². The fourth-order valence-electron chi connectivity index (χ4n) is 2.37. The first-order chi connectivity index (χ1) is 13.6. The SMILES string of the molecule is CSCC[C@H](N)C(=O)NCC(=O)NC(CO)C[C@@H](C)C(O)C(=O)NCCC(=O)O. The Hall–Kier alpha value is -1.89. The van der Waals surface area contributed by atoms with Gasteiger partial charge in [-0.1, -0.05) is 6.92 Å². The zero-order valence-electron chi connectivity index (χ0n) is 16.7. The Morgan fingerprint density at radius 3 is 2.34 bits per heavy atom. The summed E-state index contributed by atoms with van der Waals surface area (Å²) in [4.78, 5) is 46.0. The zero-order valence-corrected chi connectivity index (χ0v) is 17.5. The smallest absolute Gasteiger partial charge is 0.305 e. The molecule has 12 heteroatoms. The van der Waals surface area contributed by atoms with E-state index in [1.807, 2.05) is 6.26 Å². The number of aliphatic hydroxyl groups is 2. The maximum atomic E-state index is 12.0. The van der Waals surface area contributed by atoms with Crippen LogP contribution in [0.2, 0.25) is 0 Å². The first-order valence-corrected chi connectivity index (χ1v) is 10.6. The van der Waals surface area contributed by atoms with Crippen molar-refractivity contribution in [1.82, 2.24) is 16.0 Å². The molecule has 29 heavy (non-hydrogen) atoms. The highest BCUT2D eigenvalue weighted by Gasteiger charge is 2.26. The Kier molecular flexibility index (Phi) is 14.0. The van der Waals surface area contributed by atoms with Gasteiger partial charge in [0.15, 0.2) is 0 Å². The summed E-state index contributed by atoms with van der Waals surface area (Å²) >= 11 is 1.56. The van der Waals surface area contributed by atoms with Crippen molar-refractivity contribution in [3.05, 3.63) is 0 Å². The summed E-state index contributed by atoms with van der Waals surface area (Å²) in [6.45, 7) is 0.708. The summed E-state index contributed by atoms with van der Waals surface area (Å²) in [5, 5.41) is 35.2. The molecule has 0 aliphatic carbocycles. The Morgan fingerprint density at radius 1 is 1.14 bits per heavy atom. The number of aliphatic carboxylic acids is 1. The van der Waals surface area contributed by atoms with Crippen LogP contribution >= 0.6 is 11.8 Å². The molecule has 0 aliphatic rings. The maximum absolute atomic E-state index is 12.0. The Balaban J connectivity index is 4.38. The molecule has 0 aromatic carbocycles. The number of carboxylic acid groups (broad SMARTS) is 1. The Labute approximate surface area is 174 Å². The molecule has 0 rings (SSSR count). The van der Waals surface area contributed by atoms with Gasteiger partial charge in [-0.2, -0.15) is 11.8 Å². The summed E-state index contributed by atoms with van der Waals surface area (Å²) in [7, 11) is 0. The number of carbonyl (C=O) groups excluding carboxylic acids is 3. The van der Waals surface area contributed by atoms with E-state index >= 15 is 0 Å². The second kappa shape index (κ2) is 15.0. The first-order valence-electron chi connectivity index (χ1n) is 9.22. The maximum Gasteiger partial charge on any atom is 0.305 e. The van der Waals surface area contributed by atoms with Crippen molar-refractivity contribution in [2.24, 2.45) is 11.7 Å². The quantitative estimate of drug-likeness (QED) is 0.147. The summed E-state index contributed by atoms with van der Waals surface area (Å²) in [6.07, 6.45) is 0.776. The molecule has 0 radical (unpaired) electrons. The zero-order chi connectivity index (χ0) is 22.4. The van der Waals surface area contributed by atoms with Crippen LogP contribution in [-0.4, -0.2) is 88.9 Å². The standard InChI is InChI=1S/C17H32N4O7S/c1-10(15(26)17(28)19-5-3-14(24)25)7-11(9-22)21-13(23)8-20-16(27)12(18)4-6-29-2/h10-12,15,22,26H,3-9,18H2,1-2H3,(H,19,28)(H,20,27)(H,21,23)(H,24,25)/t10-,11?,12+,15?/m1/s1. The molecule has 0 heterocycles. The van der Waals surface area contributed by atoms with Crippen molar-refractivity contribution in [3.63, 3.8) is 0 Å². The van der Waals surface area contributed by atoms with Crippen molar-refractivity contribution in [1.29, 1.82) is 0 Å². The van der Waals surface area contributed by atoms with Gasteiger partial charge < -0.3 is 37.0 Å². The van der Waals surface area contributed by atoms with Gasteiger partial charge in [-0.05, 0) is 30.8 Å². The lowest BCUT2D eigenvalue weighted by Gasteiger charge is -2.24. The number of hydrogen-bond donors (Lipinski definition) is 7. The van der Waals surface area contributed by atoms with E-state index in [9.17, 15) is 29.4 Å². The molecule has 0 aromatic heterocycles. The Morgan fingerprint density at radius 2 is 1.79 bits per heavy atom. The van der Waals surface area contributed by atoms with Crippen LogP contribution in [0.25, 0.3) is 0 Å². The van der Waals surface area contributed by atoms with Crippen molar-refractivity contribution in [2.45, 2.75) is 44.4 Å². The minimum absolute atomic E-state index is 0.0942. The van der Waals surface area contributed by atoms with Crippen molar-refractivity contribution < 1.29 is 34.5 Å². The molecule has 168 valence electrons. The van der Waals surface area contributed by atoms with E-state index in [0.717, 1.165) is 5.75 Å². The highest BCUT2D eigenvalue weighted by Crippen LogP contribution is 2.11. The fraction of sp³-hybridized carbons (Fsp3) is 0.765. The molecule has 0 bridgehead atoms. The van der Waals surface area contributed by atoms with Crippen LogP contribution in [0.4, 0.5) is 0 Å². The molecule has 8 N–H and O–H groups in total. The summed E-state index contributed by atoms with van der Waals surface area (Å²) in [5.41, 5.74) is 5.70. The van der Waals surface area contributed by atoms with Crippen LogP contribution in [0.15, 0.2) is 0 Å². The van der Waals surface area contributed by atoms with Crippen molar-refractivity contribution in [3.8, 4) is 0 Å². The third-order valence-electron chi connectivity index (χ3n) is 4.08. The molecule has 0 aliphatic heterocycles. The number of nitrogens with one attached hydrogen (secondary N) is 3.